The van der Waals surface area contributed by atoms with E-state index in [1.165, 1.54) is 45.4 Å². The molecule has 17 nitrogen and oxygen atoms in total. The molecule has 0 bridgehead atoms. The van der Waals surface area contributed by atoms with E-state index in [1.807, 2.05) is 20.1 Å². The Labute approximate surface area is 472 Å². The van der Waals surface area contributed by atoms with Crippen molar-refractivity contribution in [2.75, 3.05) is 38.2 Å². The third kappa shape index (κ3) is 19.3. The normalized spacial score (nSPS) is 27.3. The third-order valence-electron chi connectivity index (χ3n) is 19.5. The summed E-state index contributed by atoms with van der Waals surface area (Å²) in [6.07, 6.45) is 16.9. The van der Waals surface area contributed by atoms with Crippen LogP contribution in [0.4, 0.5) is 0 Å². The van der Waals surface area contributed by atoms with Gasteiger partial charge >= 0.3 is 0 Å². The molecule has 4 aliphatic carbocycles. The molecule has 78 heavy (non-hydrogen) atoms. The molecule has 446 valence electrons. The highest BCUT2D eigenvalue weighted by molar-refractivity contribution is 7.98. The first kappa shape index (κ1) is 67.1. The summed E-state index contributed by atoms with van der Waals surface area (Å²) in [5, 5.41) is 29.5. The van der Waals surface area contributed by atoms with Crippen molar-refractivity contribution in [3.05, 3.63) is 0 Å². The van der Waals surface area contributed by atoms with Crippen LogP contribution in [0.5, 0.6) is 0 Å². The lowest BCUT2D eigenvalue weighted by Crippen LogP contribution is -2.54. The van der Waals surface area contributed by atoms with Crippen LogP contribution in [0.2, 0.25) is 0 Å². The van der Waals surface area contributed by atoms with E-state index in [-0.39, 0.29) is 79.5 Å². The van der Waals surface area contributed by atoms with Gasteiger partial charge in [0.05, 0.1) is 24.8 Å². The van der Waals surface area contributed by atoms with Gasteiger partial charge in [-0.15, -0.1) is 0 Å². The zero-order valence-electron chi connectivity index (χ0n) is 49.0. The van der Waals surface area contributed by atoms with Crippen LogP contribution in [-0.4, -0.2) is 120 Å². The zero-order valence-corrected chi connectivity index (χ0v) is 49.8. The van der Waals surface area contributed by atoms with Crippen molar-refractivity contribution in [2.45, 2.75) is 220 Å². The molecule has 3 amide bonds. The summed E-state index contributed by atoms with van der Waals surface area (Å²) in [7, 11) is 0. The van der Waals surface area contributed by atoms with Gasteiger partial charge in [0, 0.05) is 50.0 Å². The topological polar surface area (TPSA) is 312 Å². The fraction of sp³-hybridized carbons (Fsp3) is 0.867. The number of thioether (sulfide) groups is 1. The first-order valence-electron chi connectivity index (χ1n) is 30.2. The Hall–Kier alpha value is -3.45. The average molecular weight is 1120 g/mol. The van der Waals surface area contributed by atoms with Crippen molar-refractivity contribution in [1.29, 1.82) is 0 Å². The van der Waals surface area contributed by atoms with Crippen molar-refractivity contribution < 1.29 is 43.8 Å². The summed E-state index contributed by atoms with van der Waals surface area (Å²) in [6.45, 7) is 12.9. The summed E-state index contributed by atoms with van der Waals surface area (Å²) in [5.74, 6) is -0.859. The molecule has 0 saturated heterocycles. The smallest absolute Gasteiger partial charge is 0.224 e. The lowest BCUT2D eigenvalue weighted by molar-refractivity contribution is -0.136. The van der Waals surface area contributed by atoms with Gasteiger partial charge in [-0.2, -0.15) is 11.8 Å². The van der Waals surface area contributed by atoms with Crippen LogP contribution < -0.4 is 38.9 Å². The van der Waals surface area contributed by atoms with E-state index < -0.39 is 65.9 Å². The molecule has 0 radical (unpaired) electrons. The van der Waals surface area contributed by atoms with Crippen LogP contribution in [0.15, 0.2) is 4.99 Å². The number of nitrogens with one attached hydrogen (secondary N) is 3. The minimum Gasteiger partial charge on any atom is -0.394 e. The average Bonchev–Trinajstić information content (AvgIpc) is 3.99. The monoisotopic (exact) mass is 1110 g/mol. The molecule has 0 aromatic heterocycles. The number of aliphatic hydroxyl groups is 2. The number of carbonyl (C=O) groups excluding carboxylic acids is 7. The Balaban J connectivity index is 1.44. The van der Waals surface area contributed by atoms with Crippen LogP contribution in [0, 0.1) is 70.0 Å². The van der Waals surface area contributed by atoms with E-state index >= 15 is 0 Å². The molecule has 4 saturated carbocycles. The number of nitrogens with two attached hydrogens (primary N) is 4. The Morgan fingerprint density at radius 3 is 1.85 bits per heavy atom. The first-order chi connectivity index (χ1) is 37.0. The van der Waals surface area contributed by atoms with E-state index in [0.29, 0.717) is 106 Å². The highest BCUT2D eigenvalue weighted by atomic mass is 32.2. The highest BCUT2D eigenvalue weighted by Crippen LogP contribution is 2.68. The van der Waals surface area contributed by atoms with Gasteiger partial charge in [0.1, 0.15) is 11.8 Å². The molecule has 4 aliphatic rings. The number of aliphatic hydroxyl groups excluding tert-OH is 2. The van der Waals surface area contributed by atoms with Crippen LogP contribution in [-0.2, 0) is 33.6 Å². The van der Waals surface area contributed by atoms with Crippen LogP contribution in [0.3, 0.4) is 0 Å². The molecule has 0 heterocycles. The number of hydrogen-bond acceptors (Lipinski definition) is 13. The maximum atomic E-state index is 14.5. The minimum absolute atomic E-state index is 0.0540. The third-order valence-corrected chi connectivity index (χ3v) is 20.2. The number of hydrogen-bond donors (Lipinski definition) is 9. The number of unbranched alkanes of at least 4 members (excludes halogenated alkanes) is 2. The number of guanidine groups is 1. The van der Waals surface area contributed by atoms with E-state index in [4.69, 9.17) is 22.9 Å². The van der Waals surface area contributed by atoms with Crippen molar-refractivity contribution in [3.8, 4) is 0 Å². The summed E-state index contributed by atoms with van der Waals surface area (Å²) in [4.78, 5) is 101. The number of aliphatic imine (C=N–C) groups is 1. The molecule has 0 aromatic carbocycles. The van der Waals surface area contributed by atoms with Gasteiger partial charge in [-0.25, -0.2) is 0 Å². The lowest BCUT2D eigenvalue weighted by Gasteiger charge is -2.61. The number of ketones is 4. The Morgan fingerprint density at radius 1 is 0.667 bits per heavy atom. The number of amides is 3. The molecule has 0 aliphatic heterocycles. The predicted octanol–water partition coefficient (Wildman–Crippen LogP) is 6.30. The second-order valence-corrected chi connectivity index (χ2v) is 26.4. The summed E-state index contributed by atoms with van der Waals surface area (Å²) >= 11 is 1.55. The van der Waals surface area contributed by atoms with Crippen LogP contribution >= 0.6 is 11.8 Å². The molecule has 4 rings (SSSR count). The van der Waals surface area contributed by atoms with Gasteiger partial charge < -0.3 is 49.1 Å². The van der Waals surface area contributed by atoms with Crippen LogP contribution in [0.1, 0.15) is 196 Å². The number of Topliss-reactive ketones (excluding diaryl/α,β-unsaturated/α-hetero) is 4. The SMILES string of the molecule is CSCC[C@H](CC(=O)[C@H](CO)NC(=O)[C@H](CCCN=C(N)N)CC(=O)[C@H](CC(C)C)NC(=O)[C@H](CCCCN)CC(=O)[C@H](CCCCN)NC(=O)CC[C@@H](C)[C@H]1CCC2C3CCC4C[C@H](O)CC[C@]4(C)C3CC[C@@]21C)C(C)=O. The van der Waals surface area contributed by atoms with E-state index in [1.54, 1.807) is 11.8 Å². The molecule has 4 unspecified atom stereocenters. The number of fused-ring (bicyclic) bond motifs is 5. The van der Waals surface area contributed by atoms with E-state index in [0.717, 1.165) is 37.5 Å². The van der Waals surface area contributed by atoms with Crippen molar-refractivity contribution in [2.24, 2.45) is 97.9 Å². The fourth-order valence-electron chi connectivity index (χ4n) is 15.0. The molecule has 4 fully saturated rings. The van der Waals surface area contributed by atoms with Gasteiger partial charge in [0.15, 0.2) is 23.3 Å². The van der Waals surface area contributed by atoms with Gasteiger partial charge in [0.2, 0.25) is 17.7 Å². The molecule has 13 N–H and O–H groups in total. The fourth-order valence-corrected chi connectivity index (χ4v) is 15.5. The molecule has 18 heteroatoms. The maximum absolute atomic E-state index is 14.5. The lowest BCUT2D eigenvalue weighted by atomic mass is 9.44. The van der Waals surface area contributed by atoms with Gasteiger partial charge in [-0.05, 0) is 206 Å². The van der Waals surface area contributed by atoms with Gasteiger partial charge in [0.25, 0.3) is 0 Å². The minimum atomic E-state index is -1.30. The summed E-state index contributed by atoms with van der Waals surface area (Å²) in [6, 6.07) is -3.12. The Morgan fingerprint density at radius 2 is 1.24 bits per heavy atom. The molecule has 0 aromatic rings. The number of nitrogens with zero attached hydrogens (tertiary/aromatic N) is 1. The zero-order chi connectivity index (χ0) is 57.7. The molecule has 0 spiro atoms. The van der Waals surface area contributed by atoms with Gasteiger partial charge in [-0.1, -0.05) is 41.0 Å². The highest BCUT2D eigenvalue weighted by Gasteiger charge is 2.60. The second kappa shape index (κ2) is 32.9. The number of carbonyl (C=O) groups is 7. The Kier molecular flexibility index (Phi) is 28.2. The maximum Gasteiger partial charge on any atom is 0.224 e. The quantitative estimate of drug-likeness (QED) is 0.0188. The molecular formula is C60H106N8O9S. The standard InChI is InChI=1S/C60H106N8O9S/c1-37(2)31-50(53(73)34-42(14-12-29-65-58(63)64)57(77)68-51(36-69)54(74)32-40(39(4)70)24-30-78-7)67-56(76)41(13-8-10-27-61)33-52(72)49(15-9-11-28-62)66-55(75)21-16-38(3)46-19-20-47-45-18-17-43-35-44(71)22-25-59(43,5)48(45)23-26-60(46,47)6/h37-38,40-51,69,71H,8-36,61-62H2,1-7H3,(H,66,75)(H,67,76)(H,68,77)(H4,63,64,65)/t38-,40-,41-,42-,43?,44-,45?,46-,47?,48?,49+,50+,51+,59+,60-/m1/s1. The predicted molar refractivity (Wildman–Crippen MR) is 311 cm³/mol. The van der Waals surface area contributed by atoms with E-state index in [2.05, 4.69) is 41.7 Å². The van der Waals surface area contributed by atoms with Crippen LogP contribution in [0.25, 0.3) is 0 Å². The summed E-state index contributed by atoms with van der Waals surface area (Å²) in [5.41, 5.74) is 23.4. The Bertz CT molecular complexity index is 1990. The molecular weight excluding hydrogens is 1010 g/mol. The second-order valence-electron chi connectivity index (χ2n) is 25.4. The first-order valence-corrected chi connectivity index (χ1v) is 31.6. The molecule has 15 atom stereocenters. The number of rotatable bonds is 37. The van der Waals surface area contributed by atoms with E-state index in [9.17, 15) is 43.8 Å². The largest absolute Gasteiger partial charge is 0.394 e. The van der Waals surface area contributed by atoms with Crippen molar-refractivity contribution in [3.63, 3.8) is 0 Å². The summed E-state index contributed by atoms with van der Waals surface area (Å²) < 4.78 is 0. The van der Waals surface area contributed by atoms with Crippen molar-refractivity contribution in [1.82, 2.24) is 16.0 Å². The van der Waals surface area contributed by atoms with Gasteiger partial charge in [-0.3, -0.25) is 38.6 Å². The van der Waals surface area contributed by atoms with Crippen molar-refractivity contribution >= 4 is 58.6 Å².